The fraction of sp³-hybridized carbons (Fsp3) is 0.667. The van der Waals surface area contributed by atoms with Crippen molar-refractivity contribution in [2.75, 3.05) is 6.61 Å². The summed E-state index contributed by atoms with van der Waals surface area (Å²) < 4.78 is 0. The van der Waals surface area contributed by atoms with E-state index in [1.165, 1.54) is 33.3 Å². The summed E-state index contributed by atoms with van der Waals surface area (Å²) in [6.07, 6.45) is 0.426. The van der Waals surface area contributed by atoms with Crippen LogP contribution in [0.25, 0.3) is 0 Å². The molecular formula is C39H66N12O13. The maximum atomic E-state index is 13.7. The molecule has 1 aromatic rings. The van der Waals surface area contributed by atoms with Gasteiger partial charge >= 0.3 is 5.97 Å². The number of H-pyrrole nitrogens is 1. The summed E-state index contributed by atoms with van der Waals surface area (Å²) >= 11 is 0. The molecule has 0 spiro atoms. The van der Waals surface area contributed by atoms with Crippen molar-refractivity contribution in [2.45, 2.75) is 148 Å². The van der Waals surface area contributed by atoms with Gasteiger partial charge in [-0.2, -0.15) is 0 Å². The first kappa shape index (κ1) is 55.8. The predicted molar refractivity (Wildman–Crippen MR) is 226 cm³/mol. The first-order valence-corrected chi connectivity index (χ1v) is 20.8. The maximum absolute atomic E-state index is 13.7. The van der Waals surface area contributed by atoms with Gasteiger partial charge in [0.2, 0.25) is 53.2 Å². The van der Waals surface area contributed by atoms with Crippen LogP contribution in [0.1, 0.15) is 86.8 Å². The van der Waals surface area contributed by atoms with Crippen LogP contribution in [0.15, 0.2) is 12.5 Å². The normalized spacial score (nSPS) is 16.3. The van der Waals surface area contributed by atoms with Crippen molar-refractivity contribution in [2.24, 2.45) is 23.3 Å². The van der Waals surface area contributed by atoms with E-state index in [9.17, 15) is 63.3 Å². The highest BCUT2D eigenvalue weighted by Crippen LogP contribution is 2.10. The Morgan fingerprint density at radius 3 is 1.61 bits per heavy atom. The Bertz CT molecular complexity index is 1780. The van der Waals surface area contributed by atoms with Crippen molar-refractivity contribution < 1.29 is 63.3 Å². The lowest BCUT2D eigenvalue weighted by atomic mass is 9.99. The highest BCUT2D eigenvalue weighted by Gasteiger charge is 2.36. The molecule has 0 aliphatic carbocycles. The topological polar surface area (TPSA) is 408 Å². The van der Waals surface area contributed by atoms with Gasteiger partial charge in [0, 0.05) is 24.7 Å². The molecule has 360 valence electrons. The number of rotatable bonds is 28. The SMILES string of the molecule is CC[C@H](C)[C@H](NC(=O)[C@H](C)NC(=O)[C@H](CO)NC(=O)[C@H](Cc1cnc[nH]1)NC(=O)[C@@H](NC(=O)[C@H](CCC(N)=O)NC(=O)[C@H](C)NC(=O)[C@H](CC(C)C)NC(=O)[C@H](C)N)[C@@H](C)O)C(=O)O. The Kier molecular flexibility index (Phi) is 23.6. The van der Waals surface area contributed by atoms with Crippen LogP contribution in [-0.2, 0) is 54.4 Å². The lowest BCUT2D eigenvalue weighted by molar-refractivity contribution is -0.143. The summed E-state index contributed by atoms with van der Waals surface area (Å²) in [7, 11) is 0. The standard InChI is InChI=1S/C39H66N12O13/c1-9-18(4)29(39(63)64)50-33(57)21(7)45-37(61)27(15-52)49-36(60)26(13-23-14-42-16-43-23)48-38(62)30(22(8)53)51-34(58)24(10-11-28(41)54)46-32(56)20(6)44-35(59)25(12-17(2)3)47-31(55)19(5)40/h14,16-22,24-27,29-30,52-53H,9-13,15,40H2,1-8H3,(H2,41,54)(H,42,43)(H,44,59)(H,45,61)(H,46,56)(H,47,55)(H,48,62)(H,49,60)(H,50,57)(H,51,58)(H,63,64)/t18-,19-,20-,21-,22+,24-,25-,26-,27-,29-,30-/m0/s1. The highest BCUT2D eigenvalue weighted by molar-refractivity contribution is 5.98. The van der Waals surface area contributed by atoms with Crippen molar-refractivity contribution in [3.63, 3.8) is 0 Å². The second kappa shape index (κ2) is 27.1. The van der Waals surface area contributed by atoms with Crippen LogP contribution >= 0.6 is 0 Å². The smallest absolute Gasteiger partial charge is 0.326 e. The molecule has 25 nitrogen and oxygen atoms in total. The molecule has 1 rings (SSSR count). The number of aliphatic carboxylic acids is 1. The van der Waals surface area contributed by atoms with Crippen LogP contribution in [0.2, 0.25) is 0 Å². The molecule has 0 unspecified atom stereocenters. The minimum atomic E-state index is -1.82. The summed E-state index contributed by atoms with van der Waals surface area (Å²) in [5.74, 6) is -10.1. The first-order valence-electron chi connectivity index (χ1n) is 20.8. The second-order valence-corrected chi connectivity index (χ2v) is 16.0. The summed E-state index contributed by atoms with van der Waals surface area (Å²) in [5, 5.41) is 49.2. The van der Waals surface area contributed by atoms with Gasteiger partial charge in [-0.25, -0.2) is 9.78 Å². The molecule has 0 saturated carbocycles. The number of primary amides is 1. The number of imidazole rings is 1. The number of amides is 9. The van der Waals surface area contributed by atoms with Gasteiger partial charge in [0.15, 0.2) is 0 Å². The van der Waals surface area contributed by atoms with Gasteiger partial charge in [-0.3, -0.25) is 43.2 Å². The Morgan fingerprint density at radius 1 is 0.656 bits per heavy atom. The largest absolute Gasteiger partial charge is 0.480 e. The quantitative estimate of drug-likeness (QED) is 0.0375. The van der Waals surface area contributed by atoms with Gasteiger partial charge in [-0.05, 0) is 52.4 Å². The number of aromatic amines is 1. The van der Waals surface area contributed by atoms with E-state index in [-0.39, 0.29) is 18.8 Å². The number of nitrogens with zero attached hydrogens (tertiary/aromatic N) is 1. The Labute approximate surface area is 370 Å². The van der Waals surface area contributed by atoms with E-state index in [0.717, 1.165) is 6.92 Å². The number of carbonyl (C=O) groups excluding carboxylic acids is 9. The van der Waals surface area contributed by atoms with E-state index in [1.807, 2.05) is 13.8 Å². The molecule has 11 atom stereocenters. The third-order valence-electron chi connectivity index (χ3n) is 9.84. The third kappa shape index (κ3) is 19.0. The van der Waals surface area contributed by atoms with Crippen LogP contribution < -0.4 is 54.0 Å². The van der Waals surface area contributed by atoms with Crippen molar-refractivity contribution >= 4 is 59.1 Å². The van der Waals surface area contributed by atoms with E-state index >= 15 is 0 Å². The molecule has 25 heteroatoms. The van der Waals surface area contributed by atoms with E-state index in [2.05, 4.69) is 52.5 Å². The minimum Gasteiger partial charge on any atom is -0.480 e. The molecule has 0 aromatic carbocycles. The Hall–Kier alpha value is -6.21. The fourth-order valence-electron chi connectivity index (χ4n) is 5.79. The molecule has 64 heavy (non-hydrogen) atoms. The summed E-state index contributed by atoms with van der Waals surface area (Å²) in [5.41, 5.74) is 11.2. The summed E-state index contributed by atoms with van der Waals surface area (Å²) in [4.78, 5) is 136. The van der Waals surface area contributed by atoms with Crippen molar-refractivity contribution in [1.82, 2.24) is 52.5 Å². The van der Waals surface area contributed by atoms with E-state index < -0.39 is 145 Å². The average Bonchev–Trinajstić information content (AvgIpc) is 3.73. The first-order chi connectivity index (χ1) is 29.8. The molecule has 0 aliphatic rings. The molecule has 0 bridgehead atoms. The van der Waals surface area contributed by atoms with Crippen molar-refractivity contribution in [3.8, 4) is 0 Å². The van der Waals surface area contributed by atoms with E-state index in [4.69, 9.17) is 11.5 Å². The molecular weight excluding hydrogens is 844 g/mol. The average molecular weight is 911 g/mol. The lowest BCUT2D eigenvalue weighted by Crippen LogP contribution is -2.62. The Balaban J connectivity index is 3.25. The van der Waals surface area contributed by atoms with Gasteiger partial charge in [0.05, 0.1) is 25.1 Å². The number of nitrogens with one attached hydrogen (secondary N) is 9. The highest BCUT2D eigenvalue weighted by atomic mass is 16.4. The van der Waals surface area contributed by atoms with Gasteiger partial charge in [-0.1, -0.05) is 34.1 Å². The van der Waals surface area contributed by atoms with Gasteiger partial charge in [0.25, 0.3) is 0 Å². The van der Waals surface area contributed by atoms with E-state index in [1.54, 1.807) is 13.8 Å². The number of hydrogen-bond acceptors (Lipinski definition) is 14. The summed E-state index contributed by atoms with van der Waals surface area (Å²) in [6.45, 7) is 11.1. The lowest BCUT2D eigenvalue weighted by Gasteiger charge is -2.28. The molecule has 16 N–H and O–H groups in total. The van der Waals surface area contributed by atoms with Crippen LogP contribution in [0.5, 0.6) is 0 Å². The van der Waals surface area contributed by atoms with Gasteiger partial charge in [-0.15, -0.1) is 0 Å². The maximum Gasteiger partial charge on any atom is 0.326 e. The van der Waals surface area contributed by atoms with Crippen LogP contribution in [-0.4, -0.2) is 152 Å². The van der Waals surface area contributed by atoms with Crippen molar-refractivity contribution in [1.29, 1.82) is 0 Å². The zero-order valence-corrected chi connectivity index (χ0v) is 37.4. The molecule has 9 amide bonds. The van der Waals surface area contributed by atoms with Crippen LogP contribution in [0.3, 0.4) is 0 Å². The van der Waals surface area contributed by atoms with Gasteiger partial charge < -0.3 is 74.3 Å². The van der Waals surface area contributed by atoms with Crippen LogP contribution in [0, 0.1) is 11.8 Å². The Morgan fingerprint density at radius 2 is 1.14 bits per heavy atom. The zero-order valence-electron chi connectivity index (χ0n) is 37.4. The van der Waals surface area contributed by atoms with Crippen LogP contribution in [0.4, 0.5) is 0 Å². The minimum absolute atomic E-state index is 0.0552. The number of carboxylic acid groups (broad SMARTS) is 1. The molecule has 0 saturated heterocycles. The van der Waals surface area contributed by atoms with Crippen molar-refractivity contribution in [3.05, 3.63) is 18.2 Å². The number of carbonyl (C=O) groups is 10. The zero-order chi connectivity index (χ0) is 49.0. The number of aliphatic hydroxyl groups excluding tert-OH is 2. The van der Waals surface area contributed by atoms with E-state index in [0.29, 0.717) is 12.1 Å². The monoisotopic (exact) mass is 910 g/mol. The number of carboxylic acids is 1. The molecule has 1 aromatic heterocycles. The molecule has 0 fully saturated rings. The van der Waals surface area contributed by atoms with Gasteiger partial charge in [0.1, 0.15) is 48.3 Å². The molecule has 0 radical (unpaired) electrons. The number of aromatic nitrogens is 2. The summed E-state index contributed by atoms with van der Waals surface area (Å²) in [6, 6.07) is -12.5. The number of aliphatic hydroxyl groups is 2. The fourth-order valence-corrected chi connectivity index (χ4v) is 5.79. The molecule has 0 aliphatic heterocycles. The number of nitrogens with two attached hydrogens (primary N) is 2. The predicted octanol–water partition coefficient (Wildman–Crippen LogP) is -4.97. The second-order valence-electron chi connectivity index (χ2n) is 16.0. The number of hydrogen-bond donors (Lipinski definition) is 14. The molecule has 1 heterocycles. The third-order valence-corrected chi connectivity index (χ3v) is 9.84.